The average Bonchev–Trinajstić information content (AvgIpc) is 2.40. The smallest absolute Gasteiger partial charge is 0.308 e. The summed E-state index contributed by atoms with van der Waals surface area (Å²) in [6.45, 7) is 3.55. The maximum absolute atomic E-state index is 11.6. The predicted molar refractivity (Wildman–Crippen MR) is 76.1 cm³/mol. The van der Waals surface area contributed by atoms with Crippen LogP contribution in [-0.2, 0) is 9.59 Å². The summed E-state index contributed by atoms with van der Waals surface area (Å²) in [5, 5.41) is 12.0. The highest BCUT2D eigenvalue weighted by molar-refractivity contribution is 6.31. The monoisotopic (exact) mass is 299 g/mol. The number of benzene rings is 1. The Balaban J connectivity index is 2.39. The van der Waals surface area contributed by atoms with Crippen LogP contribution in [0.15, 0.2) is 18.2 Å². The van der Waals surface area contributed by atoms with Gasteiger partial charge >= 0.3 is 5.97 Å². The zero-order valence-corrected chi connectivity index (χ0v) is 12.2. The molecule has 5 nitrogen and oxygen atoms in total. The highest BCUT2D eigenvalue weighted by Gasteiger charge is 2.15. The SMILES string of the molecule is CCC(CNC(=O)COc1ccc(Cl)c(C)c1)C(=O)O. The Bertz CT molecular complexity index is 490. The third-order valence-electron chi connectivity index (χ3n) is 2.89. The van der Waals surface area contributed by atoms with Gasteiger partial charge in [0.1, 0.15) is 5.75 Å². The molecule has 0 fully saturated rings. The van der Waals surface area contributed by atoms with Crippen molar-refractivity contribution in [3.63, 3.8) is 0 Å². The molecule has 1 aromatic carbocycles. The van der Waals surface area contributed by atoms with E-state index in [0.717, 1.165) is 5.56 Å². The maximum atomic E-state index is 11.6. The Kier molecular flexibility index (Phi) is 6.31. The van der Waals surface area contributed by atoms with E-state index >= 15 is 0 Å². The summed E-state index contributed by atoms with van der Waals surface area (Å²) in [6, 6.07) is 5.11. The normalized spacial score (nSPS) is 11.8. The van der Waals surface area contributed by atoms with Gasteiger partial charge in [-0.05, 0) is 37.1 Å². The van der Waals surface area contributed by atoms with Crippen molar-refractivity contribution in [1.82, 2.24) is 5.32 Å². The van der Waals surface area contributed by atoms with Crippen LogP contribution in [0.25, 0.3) is 0 Å². The number of aliphatic carboxylic acids is 1. The van der Waals surface area contributed by atoms with Crippen molar-refractivity contribution in [2.45, 2.75) is 20.3 Å². The molecule has 6 heteroatoms. The summed E-state index contributed by atoms with van der Waals surface area (Å²) in [5.74, 6) is -1.29. The number of nitrogens with one attached hydrogen (secondary N) is 1. The second-order valence-corrected chi connectivity index (χ2v) is 4.85. The van der Waals surface area contributed by atoms with Crippen LogP contribution >= 0.6 is 11.6 Å². The Labute approximate surface area is 122 Å². The van der Waals surface area contributed by atoms with Crippen LogP contribution in [0.5, 0.6) is 5.75 Å². The number of amides is 1. The standard InChI is InChI=1S/C14H18ClNO4/c1-3-10(14(18)19)7-16-13(17)8-20-11-4-5-12(15)9(2)6-11/h4-6,10H,3,7-8H2,1-2H3,(H,16,17)(H,18,19). The van der Waals surface area contributed by atoms with Crippen LogP contribution in [0, 0.1) is 12.8 Å². The summed E-state index contributed by atoms with van der Waals surface area (Å²) in [6.07, 6.45) is 0.465. The molecule has 1 unspecified atom stereocenters. The van der Waals surface area contributed by atoms with Crippen molar-refractivity contribution < 1.29 is 19.4 Å². The topological polar surface area (TPSA) is 75.6 Å². The van der Waals surface area contributed by atoms with Gasteiger partial charge in [0.25, 0.3) is 5.91 Å². The first kappa shape index (κ1) is 16.3. The van der Waals surface area contributed by atoms with Gasteiger partial charge in [0, 0.05) is 11.6 Å². The number of carbonyl (C=O) groups excluding carboxylic acids is 1. The fourth-order valence-corrected chi connectivity index (χ4v) is 1.67. The molecule has 1 rings (SSSR count). The van der Waals surface area contributed by atoms with E-state index in [0.29, 0.717) is 17.2 Å². The zero-order chi connectivity index (χ0) is 15.1. The molecule has 2 N–H and O–H groups in total. The third kappa shape index (κ3) is 5.09. The van der Waals surface area contributed by atoms with Crippen LogP contribution in [-0.4, -0.2) is 30.1 Å². The largest absolute Gasteiger partial charge is 0.484 e. The lowest BCUT2D eigenvalue weighted by Gasteiger charge is -2.12. The number of carboxylic acid groups (broad SMARTS) is 1. The Hall–Kier alpha value is -1.75. The molecule has 0 spiro atoms. The quantitative estimate of drug-likeness (QED) is 0.810. The van der Waals surface area contributed by atoms with Crippen molar-refractivity contribution in [1.29, 1.82) is 0 Å². The van der Waals surface area contributed by atoms with Gasteiger partial charge in [-0.1, -0.05) is 18.5 Å². The fourth-order valence-electron chi connectivity index (χ4n) is 1.55. The van der Waals surface area contributed by atoms with Gasteiger partial charge in [-0.15, -0.1) is 0 Å². The van der Waals surface area contributed by atoms with Crippen molar-refractivity contribution in [3.05, 3.63) is 28.8 Å². The number of hydrogen-bond donors (Lipinski definition) is 2. The van der Waals surface area contributed by atoms with E-state index in [2.05, 4.69) is 5.32 Å². The maximum Gasteiger partial charge on any atom is 0.308 e. The highest BCUT2D eigenvalue weighted by Crippen LogP contribution is 2.20. The molecule has 1 atom stereocenters. The molecule has 0 aliphatic rings. The predicted octanol–water partition coefficient (Wildman–Crippen LogP) is 2.25. The Morgan fingerprint density at radius 1 is 1.45 bits per heavy atom. The lowest BCUT2D eigenvalue weighted by Crippen LogP contribution is -2.35. The van der Waals surface area contributed by atoms with E-state index < -0.39 is 11.9 Å². The number of rotatable bonds is 7. The van der Waals surface area contributed by atoms with Crippen LogP contribution in [0.1, 0.15) is 18.9 Å². The lowest BCUT2D eigenvalue weighted by molar-refractivity contribution is -0.141. The van der Waals surface area contributed by atoms with Gasteiger partial charge in [0.2, 0.25) is 0 Å². The zero-order valence-electron chi connectivity index (χ0n) is 11.5. The molecule has 0 saturated heterocycles. The minimum absolute atomic E-state index is 0.105. The Morgan fingerprint density at radius 2 is 2.15 bits per heavy atom. The van der Waals surface area contributed by atoms with E-state index in [-0.39, 0.29) is 19.1 Å². The second-order valence-electron chi connectivity index (χ2n) is 4.45. The van der Waals surface area contributed by atoms with E-state index in [9.17, 15) is 9.59 Å². The molecule has 0 heterocycles. The average molecular weight is 300 g/mol. The number of carbonyl (C=O) groups is 2. The molecule has 110 valence electrons. The second kappa shape index (κ2) is 7.75. The first-order valence-electron chi connectivity index (χ1n) is 6.32. The van der Waals surface area contributed by atoms with Crippen molar-refractivity contribution >= 4 is 23.5 Å². The molecule has 0 saturated carbocycles. The Morgan fingerprint density at radius 3 is 2.70 bits per heavy atom. The molecule has 0 radical (unpaired) electrons. The molecule has 0 aliphatic carbocycles. The van der Waals surface area contributed by atoms with Crippen LogP contribution in [0.4, 0.5) is 0 Å². The molecule has 0 aromatic heterocycles. The minimum atomic E-state index is -0.915. The van der Waals surface area contributed by atoms with Crippen molar-refractivity contribution in [3.8, 4) is 5.75 Å². The molecular weight excluding hydrogens is 282 g/mol. The van der Waals surface area contributed by atoms with Crippen LogP contribution in [0.3, 0.4) is 0 Å². The van der Waals surface area contributed by atoms with E-state index in [1.807, 2.05) is 6.92 Å². The van der Waals surface area contributed by atoms with E-state index in [1.54, 1.807) is 25.1 Å². The summed E-state index contributed by atoms with van der Waals surface area (Å²) < 4.78 is 5.31. The summed E-state index contributed by atoms with van der Waals surface area (Å²) in [4.78, 5) is 22.4. The summed E-state index contributed by atoms with van der Waals surface area (Å²) in [5.41, 5.74) is 0.862. The summed E-state index contributed by atoms with van der Waals surface area (Å²) >= 11 is 5.88. The molecule has 1 amide bonds. The van der Waals surface area contributed by atoms with E-state index in [1.165, 1.54) is 0 Å². The fraction of sp³-hybridized carbons (Fsp3) is 0.429. The molecule has 20 heavy (non-hydrogen) atoms. The molecule has 0 aliphatic heterocycles. The summed E-state index contributed by atoms with van der Waals surface area (Å²) in [7, 11) is 0. The molecule has 0 bridgehead atoms. The number of carboxylic acids is 1. The van der Waals surface area contributed by atoms with Gasteiger partial charge in [0.15, 0.2) is 6.61 Å². The highest BCUT2D eigenvalue weighted by atomic mass is 35.5. The van der Waals surface area contributed by atoms with E-state index in [4.69, 9.17) is 21.4 Å². The number of hydrogen-bond acceptors (Lipinski definition) is 3. The number of aryl methyl sites for hydroxylation is 1. The molecule has 1 aromatic rings. The van der Waals surface area contributed by atoms with Crippen molar-refractivity contribution in [2.75, 3.05) is 13.2 Å². The third-order valence-corrected chi connectivity index (χ3v) is 3.31. The van der Waals surface area contributed by atoms with Gasteiger partial charge in [0.05, 0.1) is 5.92 Å². The van der Waals surface area contributed by atoms with Crippen LogP contribution in [0.2, 0.25) is 5.02 Å². The van der Waals surface area contributed by atoms with Gasteiger partial charge in [-0.25, -0.2) is 0 Å². The lowest BCUT2D eigenvalue weighted by atomic mass is 10.1. The first-order valence-corrected chi connectivity index (χ1v) is 6.70. The van der Waals surface area contributed by atoms with Gasteiger partial charge < -0.3 is 15.2 Å². The number of halogens is 1. The van der Waals surface area contributed by atoms with Gasteiger partial charge in [-0.3, -0.25) is 9.59 Å². The van der Waals surface area contributed by atoms with Crippen molar-refractivity contribution in [2.24, 2.45) is 5.92 Å². The minimum Gasteiger partial charge on any atom is -0.484 e. The van der Waals surface area contributed by atoms with Crippen LogP contribution < -0.4 is 10.1 Å². The first-order chi connectivity index (χ1) is 9.43. The van der Waals surface area contributed by atoms with Gasteiger partial charge in [-0.2, -0.15) is 0 Å². The molecular formula is C14H18ClNO4. The number of ether oxygens (including phenoxy) is 1.